The zero-order valence-electron chi connectivity index (χ0n) is 13.3. The van der Waals surface area contributed by atoms with Crippen molar-refractivity contribution in [2.24, 2.45) is 0 Å². The Morgan fingerprint density at radius 2 is 2.14 bits per heavy atom. The van der Waals surface area contributed by atoms with Crippen LogP contribution in [0.4, 0.5) is 0 Å². The molecule has 0 saturated carbocycles. The van der Waals surface area contributed by atoms with Crippen molar-refractivity contribution >= 4 is 5.91 Å². The van der Waals surface area contributed by atoms with Gasteiger partial charge in [0, 0.05) is 6.61 Å². The summed E-state index contributed by atoms with van der Waals surface area (Å²) in [4.78, 5) is 19.0. The molecule has 3 heterocycles. The molecule has 2 aliphatic rings. The predicted molar refractivity (Wildman–Crippen MR) is 79.0 cm³/mol. The fourth-order valence-corrected chi connectivity index (χ4v) is 3.04. The summed E-state index contributed by atoms with van der Waals surface area (Å²) in [6.45, 7) is 6.90. The van der Waals surface area contributed by atoms with Gasteiger partial charge in [-0.15, -0.1) is 0 Å². The van der Waals surface area contributed by atoms with Crippen molar-refractivity contribution < 1.29 is 14.1 Å². The Labute approximate surface area is 130 Å². The number of hydrogen-bond acceptors (Lipinski definition) is 6. The molecular formula is C15H24N4O3. The van der Waals surface area contributed by atoms with Crippen LogP contribution in [0.3, 0.4) is 0 Å². The molecule has 1 atom stereocenters. The quantitative estimate of drug-likeness (QED) is 0.886. The number of nitrogens with one attached hydrogen (secondary N) is 1. The van der Waals surface area contributed by atoms with E-state index in [1.165, 1.54) is 0 Å². The second kappa shape index (κ2) is 6.34. The largest absolute Gasteiger partial charge is 0.368 e. The topological polar surface area (TPSA) is 80.5 Å². The monoisotopic (exact) mass is 308 g/mol. The summed E-state index contributed by atoms with van der Waals surface area (Å²) in [5.74, 6) is 1.01. The molecular weight excluding hydrogens is 284 g/mol. The van der Waals surface area contributed by atoms with Crippen LogP contribution in [0.5, 0.6) is 0 Å². The Morgan fingerprint density at radius 3 is 2.82 bits per heavy atom. The Bertz CT molecular complexity index is 517. The molecule has 122 valence electrons. The number of nitrogens with zero attached hydrogens (tertiary/aromatic N) is 3. The van der Waals surface area contributed by atoms with Gasteiger partial charge in [0.25, 0.3) is 5.89 Å². The summed E-state index contributed by atoms with van der Waals surface area (Å²) in [5.41, 5.74) is -0.502. The maximum atomic E-state index is 12.4. The second-order valence-electron chi connectivity index (χ2n) is 6.49. The van der Waals surface area contributed by atoms with E-state index >= 15 is 0 Å². The van der Waals surface area contributed by atoms with Crippen molar-refractivity contribution in [1.29, 1.82) is 0 Å². The van der Waals surface area contributed by atoms with E-state index in [-0.39, 0.29) is 18.6 Å². The average Bonchev–Trinajstić information content (AvgIpc) is 3.25. The Kier molecular flexibility index (Phi) is 4.44. The standard InChI is InChI=1S/C15H24N4O3/c1-15(2,19-7-3-4-8-19)14(20)16-10-12-17-13(22-18-12)11-6-5-9-21-11/h11H,3-10H2,1-2H3,(H,16,20)/t11-/m1/s1. The predicted octanol–water partition coefficient (Wildman–Crippen LogP) is 1.41. The Hall–Kier alpha value is -1.47. The summed E-state index contributed by atoms with van der Waals surface area (Å²) in [5, 5.41) is 6.83. The molecule has 7 heteroatoms. The molecule has 0 aromatic carbocycles. The molecule has 22 heavy (non-hydrogen) atoms. The van der Waals surface area contributed by atoms with E-state index in [1.807, 2.05) is 13.8 Å². The molecule has 2 aliphatic heterocycles. The van der Waals surface area contributed by atoms with Crippen LogP contribution < -0.4 is 5.32 Å². The van der Waals surface area contributed by atoms with Crippen LogP contribution in [0.15, 0.2) is 4.52 Å². The maximum Gasteiger partial charge on any atom is 0.255 e. The van der Waals surface area contributed by atoms with Gasteiger partial charge in [-0.3, -0.25) is 9.69 Å². The van der Waals surface area contributed by atoms with E-state index in [9.17, 15) is 4.79 Å². The number of hydrogen-bond donors (Lipinski definition) is 1. The molecule has 7 nitrogen and oxygen atoms in total. The second-order valence-corrected chi connectivity index (χ2v) is 6.49. The van der Waals surface area contributed by atoms with Crippen molar-refractivity contribution in [1.82, 2.24) is 20.4 Å². The van der Waals surface area contributed by atoms with Gasteiger partial charge in [-0.25, -0.2) is 0 Å². The molecule has 0 unspecified atom stereocenters. The van der Waals surface area contributed by atoms with Crippen molar-refractivity contribution in [2.75, 3.05) is 19.7 Å². The lowest BCUT2D eigenvalue weighted by Crippen LogP contribution is -2.53. The van der Waals surface area contributed by atoms with Gasteiger partial charge in [-0.1, -0.05) is 5.16 Å². The maximum absolute atomic E-state index is 12.4. The fourth-order valence-electron chi connectivity index (χ4n) is 3.04. The van der Waals surface area contributed by atoms with E-state index < -0.39 is 5.54 Å². The molecule has 0 spiro atoms. The molecule has 2 fully saturated rings. The van der Waals surface area contributed by atoms with E-state index in [2.05, 4.69) is 20.4 Å². The summed E-state index contributed by atoms with van der Waals surface area (Å²) < 4.78 is 10.7. The van der Waals surface area contributed by atoms with Gasteiger partial charge in [-0.05, 0) is 52.6 Å². The van der Waals surface area contributed by atoms with Gasteiger partial charge in [0.15, 0.2) is 5.82 Å². The van der Waals surface area contributed by atoms with Crippen LogP contribution in [-0.2, 0) is 16.1 Å². The molecule has 0 radical (unpaired) electrons. The third-order valence-electron chi connectivity index (χ3n) is 4.55. The van der Waals surface area contributed by atoms with Gasteiger partial charge < -0.3 is 14.6 Å². The molecule has 0 aliphatic carbocycles. The van der Waals surface area contributed by atoms with Gasteiger partial charge in [0.05, 0.1) is 12.1 Å². The minimum absolute atomic E-state index is 0.00198. The minimum Gasteiger partial charge on any atom is -0.368 e. The molecule has 3 rings (SSSR count). The lowest BCUT2D eigenvalue weighted by atomic mass is 10.0. The SMILES string of the molecule is CC(C)(C(=O)NCc1noc([C@H]2CCCO2)n1)N1CCCC1. The first-order chi connectivity index (χ1) is 10.6. The first-order valence-electron chi connectivity index (χ1n) is 8.05. The highest BCUT2D eigenvalue weighted by molar-refractivity contribution is 5.85. The van der Waals surface area contributed by atoms with Gasteiger partial charge in [-0.2, -0.15) is 4.98 Å². The third kappa shape index (κ3) is 3.15. The van der Waals surface area contributed by atoms with E-state index in [1.54, 1.807) is 0 Å². The van der Waals surface area contributed by atoms with E-state index in [0.717, 1.165) is 45.4 Å². The van der Waals surface area contributed by atoms with Gasteiger partial charge >= 0.3 is 0 Å². The number of carbonyl (C=O) groups excluding carboxylic acids is 1. The van der Waals surface area contributed by atoms with E-state index in [0.29, 0.717) is 11.7 Å². The molecule has 1 aromatic rings. The van der Waals surface area contributed by atoms with Crippen molar-refractivity contribution in [3.8, 4) is 0 Å². The van der Waals surface area contributed by atoms with Crippen LogP contribution in [0.1, 0.15) is 57.3 Å². The normalized spacial score (nSPS) is 23.1. The number of carbonyl (C=O) groups is 1. The molecule has 1 amide bonds. The van der Waals surface area contributed by atoms with Crippen molar-refractivity contribution in [3.05, 3.63) is 11.7 Å². The number of ether oxygens (including phenoxy) is 1. The highest BCUT2D eigenvalue weighted by atomic mass is 16.5. The first-order valence-corrected chi connectivity index (χ1v) is 8.05. The number of likely N-dealkylation sites (tertiary alicyclic amines) is 1. The number of amides is 1. The van der Waals surface area contributed by atoms with Crippen LogP contribution in [0, 0.1) is 0 Å². The van der Waals surface area contributed by atoms with E-state index in [4.69, 9.17) is 9.26 Å². The lowest BCUT2D eigenvalue weighted by Gasteiger charge is -2.33. The molecule has 1 aromatic heterocycles. The van der Waals surface area contributed by atoms with Crippen LogP contribution in [0.2, 0.25) is 0 Å². The summed E-state index contributed by atoms with van der Waals surface area (Å²) >= 11 is 0. The van der Waals surface area contributed by atoms with Crippen LogP contribution >= 0.6 is 0 Å². The smallest absolute Gasteiger partial charge is 0.255 e. The zero-order chi connectivity index (χ0) is 15.6. The summed E-state index contributed by atoms with van der Waals surface area (Å²) in [7, 11) is 0. The Balaban J connectivity index is 1.54. The average molecular weight is 308 g/mol. The lowest BCUT2D eigenvalue weighted by molar-refractivity contribution is -0.131. The highest BCUT2D eigenvalue weighted by Gasteiger charge is 2.36. The first kappa shape index (κ1) is 15.4. The van der Waals surface area contributed by atoms with Crippen LogP contribution in [-0.4, -0.2) is 46.2 Å². The third-order valence-corrected chi connectivity index (χ3v) is 4.55. The van der Waals surface area contributed by atoms with Crippen LogP contribution in [0.25, 0.3) is 0 Å². The van der Waals surface area contributed by atoms with Crippen molar-refractivity contribution in [3.63, 3.8) is 0 Å². The Morgan fingerprint density at radius 1 is 1.36 bits per heavy atom. The summed E-state index contributed by atoms with van der Waals surface area (Å²) in [6, 6.07) is 0. The number of aromatic nitrogens is 2. The minimum atomic E-state index is -0.502. The molecule has 0 bridgehead atoms. The highest BCUT2D eigenvalue weighted by Crippen LogP contribution is 2.27. The zero-order valence-corrected chi connectivity index (χ0v) is 13.3. The fraction of sp³-hybridized carbons (Fsp3) is 0.800. The van der Waals surface area contributed by atoms with Crippen molar-refractivity contribution in [2.45, 2.75) is 57.7 Å². The molecule has 1 N–H and O–H groups in total. The van der Waals surface area contributed by atoms with Gasteiger partial charge in [0.2, 0.25) is 5.91 Å². The van der Waals surface area contributed by atoms with Gasteiger partial charge in [0.1, 0.15) is 6.10 Å². The molecule has 2 saturated heterocycles. The summed E-state index contributed by atoms with van der Waals surface area (Å²) in [6.07, 6.45) is 4.16. The number of rotatable bonds is 5.